The zero-order valence-corrected chi connectivity index (χ0v) is 14.7. The molecule has 0 bridgehead atoms. The Kier molecular flexibility index (Phi) is 4.41. The van der Waals surface area contributed by atoms with E-state index in [0.717, 1.165) is 42.0 Å². The molecule has 1 atom stereocenters. The average Bonchev–Trinajstić information content (AvgIpc) is 3.13. The number of carbonyl (C=O) groups excluding carboxylic acids is 1. The monoisotopic (exact) mass is 352 g/mol. The van der Waals surface area contributed by atoms with Crippen molar-refractivity contribution in [3.63, 3.8) is 0 Å². The van der Waals surface area contributed by atoms with Crippen LogP contribution in [0, 0.1) is 12.7 Å². The standard InChI is InChI=1S/C20H21FN4O/c1-14-23-19(10-18-11-22-13-25(14)18)16-3-2-8-24(12-16)20(26)9-15-4-6-17(21)7-5-15/h4-7,10-11,13,16H,2-3,8-9,12H2,1H3/t16-/m0/s1. The number of rotatable bonds is 3. The molecule has 1 amide bonds. The Morgan fingerprint density at radius 1 is 1.31 bits per heavy atom. The zero-order chi connectivity index (χ0) is 18.1. The number of hydrogen-bond acceptors (Lipinski definition) is 3. The van der Waals surface area contributed by atoms with Gasteiger partial charge in [0.2, 0.25) is 5.91 Å². The van der Waals surface area contributed by atoms with Crippen molar-refractivity contribution in [1.82, 2.24) is 19.3 Å². The lowest BCUT2D eigenvalue weighted by Crippen LogP contribution is -2.40. The van der Waals surface area contributed by atoms with Gasteiger partial charge in [-0.1, -0.05) is 12.1 Å². The summed E-state index contributed by atoms with van der Waals surface area (Å²) in [6.45, 7) is 3.42. The molecular formula is C20H21FN4O. The van der Waals surface area contributed by atoms with Crippen molar-refractivity contribution in [2.45, 2.75) is 32.1 Å². The first-order chi connectivity index (χ1) is 12.6. The van der Waals surface area contributed by atoms with E-state index in [0.29, 0.717) is 13.0 Å². The topological polar surface area (TPSA) is 50.5 Å². The molecule has 0 N–H and O–H groups in total. The molecule has 1 aromatic carbocycles. The Labute approximate surface area is 151 Å². The Morgan fingerprint density at radius 2 is 2.12 bits per heavy atom. The minimum atomic E-state index is -0.282. The van der Waals surface area contributed by atoms with Crippen molar-refractivity contribution >= 4 is 11.4 Å². The first kappa shape index (κ1) is 16.7. The van der Waals surface area contributed by atoms with Gasteiger partial charge in [0.15, 0.2) is 0 Å². The third-order valence-electron chi connectivity index (χ3n) is 5.06. The number of amides is 1. The number of piperidine rings is 1. The summed E-state index contributed by atoms with van der Waals surface area (Å²) in [4.78, 5) is 23.5. The number of fused-ring (bicyclic) bond motifs is 1. The predicted molar refractivity (Wildman–Crippen MR) is 96.4 cm³/mol. The Morgan fingerprint density at radius 3 is 2.92 bits per heavy atom. The van der Waals surface area contributed by atoms with E-state index in [9.17, 15) is 9.18 Å². The van der Waals surface area contributed by atoms with E-state index in [1.165, 1.54) is 12.1 Å². The number of nitrogens with zero attached hydrogens (tertiary/aromatic N) is 4. The number of likely N-dealkylation sites (tertiary alicyclic amines) is 1. The smallest absolute Gasteiger partial charge is 0.227 e. The fraction of sp³-hybridized carbons (Fsp3) is 0.350. The molecule has 6 heteroatoms. The lowest BCUT2D eigenvalue weighted by Gasteiger charge is -2.32. The molecule has 5 nitrogen and oxygen atoms in total. The van der Waals surface area contributed by atoms with Gasteiger partial charge in [-0.15, -0.1) is 0 Å². The van der Waals surface area contributed by atoms with Gasteiger partial charge in [-0.2, -0.15) is 0 Å². The van der Waals surface area contributed by atoms with E-state index in [1.807, 2.05) is 22.4 Å². The maximum atomic E-state index is 13.0. The number of aryl methyl sites for hydroxylation is 1. The summed E-state index contributed by atoms with van der Waals surface area (Å²) in [5.74, 6) is 0.948. The molecule has 4 rings (SSSR count). The summed E-state index contributed by atoms with van der Waals surface area (Å²) in [6.07, 6.45) is 5.89. The summed E-state index contributed by atoms with van der Waals surface area (Å²) >= 11 is 0. The maximum Gasteiger partial charge on any atom is 0.227 e. The minimum Gasteiger partial charge on any atom is -0.342 e. The number of aromatic nitrogens is 3. The summed E-state index contributed by atoms with van der Waals surface area (Å²) in [5, 5.41) is 0. The normalized spacial score (nSPS) is 17.6. The molecule has 0 aliphatic carbocycles. The van der Waals surface area contributed by atoms with E-state index in [4.69, 9.17) is 4.98 Å². The van der Waals surface area contributed by atoms with Gasteiger partial charge in [0.1, 0.15) is 18.0 Å². The van der Waals surface area contributed by atoms with E-state index in [1.54, 1.807) is 18.5 Å². The van der Waals surface area contributed by atoms with Crippen LogP contribution in [0.4, 0.5) is 4.39 Å². The van der Waals surface area contributed by atoms with Crippen molar-refractivity contribution in [2.75, 3.05) is 13.1 Å². The number of hydrogen-bond donors (Lipinski definition) is 0. The molecule has 0 radical (unpaired) electrons. The molecule has 1 saturated heterocycles. The van der Waals surface area contributed by atoms with Crippen LogP contribution in [0.3, 0.4) is 0 Å². The van der Waals surface area contributed by atoms with Crippen LogP contribution in [0.15, 0.2) is 42.9 Å². The minimum absolute atomic E-state index is 0.0865. The van der Waals surface area contributed by atoms with Crippen LogP contribution in [0.5, 0.6) is 0 Å². The highest BCUT2D eigenvalue weighted by Gasteiger charge is 2.26. The van der Waals surface area contributed by atoms with Crippen LogP contribution in [-0.4, -0.2) is 38.3 Å². The first-order valence-corrected chi connectivity index (χ1v) is 8.92. The molecular weight excluding hydrogens is 331 g/mol. The summed E-state index contributed by atoms with van der Waals surface area (Å²) < 4.78 is 15.0. The predicted octanol–water partition coefficient (Wildman–Crippen LogP) is 3.13. The SMILES string of the molecule is Cc1nc([C@H]2CCCN(C(=O)Cc3ccc(F)cc3)C2)cc2cncn12. The van der Waals surface area contributed by atoms with Crippen LogP contribution in [0.25, 0.3) is 5.52 Å². The van der Waals surface area contributed by atoms with Crippen LogP contribution >= 0.6 is 0 Å². The van der Waals surface area contributed by atoms with Crippen LogP contribution in [0.1, 0.15) is 35.8 Å². The Hall–Kier alpha value is -2.76. The second-order valence-electron chi connectivity index (χ2n) is 6.90. The molecule has 0 spiro atoms. The van der Waals surface area contributed by atoms with Gasteiger partial charge in [-0.3, -0.25) is 9.20 Å². The summed E-state index contributed by atoms with van der Waals surface area (Å²) in [6, 6.07) is 8.21. The fourth-order valence-electron chi connectivity index (χ4n) is 3.65. The fourth-order valence-corrected chi connectivity index (χ4v) is 3.65. The molecule has 0 saturated carbocycles. The Balaban J connectivity index is 1.49. The third-order valence-corrected chi connectivity index (χ3v) is 5.06. The second kappa shape index (κ2) is 6.86. The molecule has 3 aromatic rings. The number of halogens is 1. The van der Waals surface area contributed by atoms with Gasteiger partial charge in [-0.05, 0) is 43.5 Å². The van der Waals surface area contributed by atoms with Crippen molar-refractivity contribution in [1.29, 1.82) is 0 Å². The van der Waals surface area contributed by atoms with E-state index >= 15 is 0 Å². The van der Waals surface area contributed by atoms with Crippen LogP contribution in [0.2, 0.25) is 0 Å². The van der Waals surface area contributed by atoms with E-state index < -0.39 is 0 Å². The molecule has 1 aliphatic heterocycles. The second-order valence-corrected chi connectivity index (χ2v) is 6.90. The van der Waals surface area contributed by atoms with Gasteiger partial charge in [0, 0.05) is 24.7 Å². The highest BCUT2D eigenvalue weighted by atomic mass is 19.1. The molecule has 1 aliphatic rings. The third kappa shape index (κ3) is 3.31. The van der Waals surface area contributed by atoms with Gasteiger partial charge < -0.3 is 4.90 Å². The molecule has 134 valence electrons. The van der Waals surface area contributed by atoms with Crippen molar-refractivity contribution in [3.8, 4) is 0 Å². The number of benzene rings is 1. The molecule has 3 heterocycles. The first-order valence-electron chi connectivity index (χ1n) is 8.92. The number of imidazole rings is 1. The molecule has 1 fully saturated rings. The van der Waals surface area contributed by atoms with Crippen LogP contribution < -0.4 is 0 Å². The van der Waals surface area contributed by atoms with Gasteiger partial charge in [-0.25, -0.2) is 14.4 Å². The summed E-state index contributed by atoms with van der Waals surface area (Å²) in [7, 11) is 0. The van der Waals surface area contributed by atoms with Gasteiger partial charge in [0.05, 0.1) is 18.1 Å². The van der Waals surface area contributed by atoms with Crippen molar-refractivity contribution in [3.05, 3.63) is 65.8 Å². The van der Waals surface area contributed by atoms with Gasteiger partial charge in [0.25, 0.3) is 0 Å². The largest absolute Gasteiger partial charge is 0.342 e. The van der Waals surface area contributed by atoms with Gasteiger partial charge >= 0.3 is 0 Å². The molecule has 0 unspecified atom stereocenters. The zero-order valence-electron chi connectivity index (χ0n) is 14.7. The Bertz CT molecular complexity index is 935. The molecule has 2 aromatic heterocycles. The lowest BCUT2D eigenvalue weighted by atomic mass is 9.93. The van der Waals surface area contributed by atoms with Crippen molar-refractivity contribution < 1.29 is 9.18 Å². The molecule has 26 heavy (non-hydrogen) atoms. The summed E-state index contributed by atoms with van der Waals surface area (Å²) in [5.41, 5.74) is 2.89. The van der Waals surface area contributed by atoms with Crippen LogP contribution in [-0.2, 0) is 11.2 Å². The highest BCUT2D eigenvalue weighted by Crippen LogP contribution is 2.27. The maximum absolute atomic E-state index is 13.0. The average molecular weight is 352 g/mol. The highest BCUT2D eigenvalue weighted by molar-refractivity contribution is 5.79. The van der Waals surface area contributed by atoms with Crippen molar-refractivity contribution in [2.24, 2.45) is 0 Å². The number of carbonyl (C=O) groups is 1. The quantitative estimate of drug-likeness (QED) is 0.728. The van der Waals surface area contributed by atoms with E-state index in [2.05, 4.69) is 11.1 Å². The lowest BCUT2D eigenvalue weighted by molar-refractivity contribution is -0.131. The van der Waals surface area contributed by atoms with E-state index in [-0.39, 0.29) is 17.6 Å².